The average Bonchev–Trinajstić information content (AvgIpc) is 2.85. The van der Waals surface area contributed by atoms with Gasteiger partial charge in [0.05, 0.1) is 6.04 Å². The lowest BCUT2D eigenvalue weighted by atomic mass is 10.3. The average molecular weight is 296 g/mol. The molecule has 0 saturated carbocycles. The first kappa shape index (κ1) is 14.5. The zero-order valence-corrected chi connectivity index (χ0v) is 11.9. The fraction of sp³-hybridized carbons (Fsp3) is 0.250. The van der Waals surface area contributed by atoms with Crippen molar-refractivity contribution in [2.75, 3.05) is 5.43 Å². The number of hydrazine groups is 1. The summed E-state index contributed by atoms with van der Waals surface area (Å²) in [5.74, 6) is 6.85. The van der Waals surface area contributed by atoms with Crippen LogP contribution < -0.4 is 16.0 Å². The number of rotatable bonds is 5. The minimum Gasteiger partial charge on any atom is -0.465 e. The van der Waals surface area contributed by atoms with Gasteiger partial charge in [0.25, 0.3) is 0 Å². The topological polar surface area (TPSA) is 110 Å². The van der Waals surface area contributed by atoms with Crippen LogP contribution in [-0.2, 0) is 10.0 Å². The predicted octanol–water partition coefficient (Wildman–Crippen LogP) is 1.31. The maximum atomic E-state index is 12.2. The van der Waals surface area contributed by atoms with Crippen molar-refractivity contribution < 1.29 is 12.8 Å². The number of nitrogens with two attached hydrogens (primary N) is 1. The highest BCUT2D eigenvalue weighted by molar-refractivity contribution is 7.89. The largest absolute Gasteiger partial charge is 0.465 e. The molecule has 0 amide bonds. The third-order valence-corrected chi connectivity index (χ3v) is 4.24. The molecule has 0 saturated heterocycles. The summed E-state index contributed by atoms with van der Waals surface area (Å²) in [4.78, 5) is 3.93. The summed E-state index contributed by atoms with van der Waals surface area (Å²) < 4.78 is 32.3. The van der Waals surface area contributed by atoms with Crippen molar-refractivity contribution in [2.24, 2.45) is 5.84 Å². The van der Waals surface area contributed by atoms with Crippen LogP contribution in [0.1, 0.15) is 24.5 Å². The zero-order valence-electron chi connectivity index (χ0n) is 11.1. The van der Waals surface area contributed by atoms with Gasteiger partial charge in [-0.3, -0.25) is 0 Å². The normalized spacial score (nSPS) is 13.2. The molecule has 0 aliphatic carbocycles. The Balaban J connectivity index is 2.17. The third-order valence-electron chi connectivity index (χ3n) is 2.71. The van der Waals surface area contributed by atoms with Crippen LogP contribution in [0.4, 0.5) is 5.82 Å². The van der Waals surface area contributed by atoms with E-state index in [-0.39, 0.29) is 4.90 Å². The number of sulfonamides is 1. The molecule has 8 heteroatoms. The molecule has 2 rings (SSSR count). The first-order valence-electron chi connectivity index (χ1n) is 5.94. The van der Waals surface area contributed by atoms with E-state index >= 15 is 0 Å². The number of hydrogen-bond donors (Lipinski definition) is 3. The molecule has 2 aromatic rings. The van der Waals surface area contributed by atoms with E-state index < -0.39 is 16.1 Å². The highest BCUT2D eigenvalue weighted by Gasteiger charge is 2.20. The lowest BCUT2D eigenvalue weighted by Crippen LogP contribution is -2.26. The predicted molar refractivity (Wildman–Crippen MR) is 74.2 cm³/mol. The second-order valence-corrected chi connectivity index (χ2v) is 6.03. The van der Waals surface area contributed by atoms with Gasteiger partial charge < -0.3 is 9.84 Å². The van der Waals surface area contributed by atoms with Crippen molar-refractivity contribution in [3.63, 3.8) is 0 Å². The zero-order chi connectivity index (χ0) is 14.8. The molecule has 0 spiro atoms. The monoisotopic (exact) mass is 296 g/mol. The van der Waals surface area contributed by atoms with Crippen molar-refractivity contribution in [3.05, 3.63) is 42.0 Å². The second-order valence-electron chi connectivity index (χ2n) is 4.31. The molecule has 1 atom stereocenters. The number of nitrogens with zero attached hydrogens (tertiary/aromatic N) is 1. The van der Waals surface area contributed by atoms with Crippen LogP contribution in [-0.4, -0.2) is 13.4 Å². The number of nitrogens with one attached hydrogen (secondary N) is 2. The maximum absolute atomic E-state index is 12.2. The van der Waals surface area contributed by atoms with Gasteiger partial charge in [-0.25, -0.2) is 24.0 Å². The Kier molecular flexibility index (Phi) is 4.07. The third kappa shape index (κ3) is 3.16. The van der Waals surface area contributed by atoms with Crippen molar-refractivity contribution in [3.8, 4) is 0 Å². The van der Waals surface area contributed by atoms with E-state index in [9.17, 15) is 8.42 Å². The molecule has 2 heterocycles. The molecular formula is C12H16N4O3S. The fourth-order valence-corrected chi connectivity index (χ4v) is 2.83. The van der Waals surface area contributed by atoms with Crippen molar-refractivity contribution in [2.45, 2.75) is 24.8 Å². The van der Waals surface area contributed by atoms with Crippen LogP contribution >= 0.6 is 0 Å². The highest BCUT2D eigenvalue weighted by Crippen LogP contribution is 2.19. The smallest absolute Gasteiger partial charge is 0.242 e. The van der Waals surface area contributed by atoms with Crippen LogP contribution in [0.25, 0.3) is 0 Å². The Morgan fingerprint density at radius 3 is 2.55 bits per heavy atom. The second kappa shape index (κ2) is 5.61. The summed E-state index contributed by atoms with van der Waals surface area (Å²) >= 11 is 0. The number of nitrogen functional groups attached to an aromatic ring is 1. The number of aryl methyl sites for hydroxylation is 1. The summed E-state index contributed by atoms with van der Waals surface area (Å²) in [5.41, 5.74) is 2.33. The minimum absolute atomic E-state index is 0.0617. The summed E-state index contributed by atoms with van der Waals surface area (Å²) in [5, 5.41) is 0. The molecule has 0 aromatic carbocycles. The van der Waals surface area contributed by atoms with E-state index in [0.29, 0.717) is 11.6 Å². The van der Waals surface area contributed by atoms with Crippen molar-refractivity contribution in [1.82, 2.24) is 9.71 Å². The van der Waals surface area contributed by atoms with E-state index in [0.717, 1.165) is 5.76 Å². The molecular weight excluding hydrogens is 280 g/mol. The fourth-order valence-electron chi connectivity index (χ4n) is 1.67. The van der Waals surface area contributed by atoms with Gasteiger partial charge in [-0.1, -0.05) is 0 Å². The number of pyridine rings is 1. The SMILES string of the molecule is Cc1ccc(C(C)NS(=O)(=O)c2ccc(NN)nc2)o1. The van der Waals surface area contributed by atoms with Crippen LogP contribution in [0.5, 0.6) is 0 Å². The van der Waals surface area contributed by atoms with Gasteiger partial charge in [-0.05, 0) is 38.1 Å². The number of furan rings is 1. The van der Waals surface area contributed by atoms with Crippen molar-refractivity contribution >= 4 is 15.8 Å². The van der Waals surface area contributed by atoms with Gasteiger partial charge >= 0.3 is 0 Å². The van der Waals surface area contributed by atoms with E-state index in [1.165, 1.54) is 18.3 Å². The summed E-state index contributed by atoms with van der Waals surface area (Å²) in [6.07, 6.45) is 1.23. The van der Waals surface area contributed by atoms with Crippen LogP contribution in [0.3, 0.4) is 0 Å². The molecule has 0 bridgehead atoms. The van der Waals surface area contributed by atoms with Gasteiger partial charge in [-0.15, -0.1) is 0 Å². The van der Waals surface area contributed by atoms with Gasteiger partial charge in [0.1, 0.15) is 22.2 Å². The van der Waals surface area contributed by atoms with Gasteiger partial charge in [0, 0.05) is 6.20 Å². The maximum Gasteiger partial charge on any atom is 0.242 e. The lowest BCUT2D eigenvalue weighted by molar-refractivity contribution is 0.441. The van der Waals surface area contributed by atoms with Crippen LogP contribution in [0.2, 0.25) is 0 Å². The van der Waals surface area contributed by atoms with Gasteiger partial charge in [-0.2, -0.15) is 0 Å². The molecule has 2 aromatic heterocycles. The lowest BCUT2D eigenvalue weighted by Gasteiger charge is -2.12. The Bertz CT molecular complexity index is 679. The number of anilines is 1. The molecule has 20 heavy (non-hydrogen) atoms. The molecule has 0 fully saturated rings. The summed E-state index contributed by atoms with van der Waals surface area (Å²) in [6.45, 7) is 3.51. The molecule has 108 valence electrons. The van der Waals surface area contributed by atoms with Crippen LogP contribution in [0, 0.1) is 6.92 Å². The first-order chi connectivity index (χ1) is 9.42. The standard InChI is InChI=1S/C12H16N4O3S/c1-8-3-5-11(19-8)9(2)16-20(17,18)10-4-6-12(15-13)14-7-10/h3-7,9,16H,13H2,1-2H3,(H,14,15). The molecule has 0 aliphatic heterocycles. The van der Waals surface area contributed by atoms with E-state index in [1.54, 1.807) is 26.0 Å². The summed E-state index contributed by atoms with van der Waals surface area (Å²) in [6, 6.07) is 5.95. The Morgan fingerprint density at radius 1 is 1.30 bits per heavy atom. The first-order valence-corrected chi connectivity index (χ1v) is 7.42. The summed E-state index contributed by atoms with van der Waals surface area (Å²) in [7, 11) is -3.66. The van der Waals surface area contributed by atoms with Crippen LogP contribution in [0.15, 0.2) is 39.8 Å². The quantitative estimate of drug-likeness (QED) is 0.567. The van der Waals surface area contributed by atoms with Crippen molar-refractivity contribution in [1.29, 1.82) is 0 Å². The highest BCUT2D eigenvalue weighted by atomic mass is 32.2. The van der Waals surface area contributed by atoms with Gasteiger partial charge in [0.2, 0.25) is 10.0 Å². The van der Waals surface area contributed by atoms with E-state index in [4.69, 9.17) is 10.3 Å². The van der Waals surface area contributed by atoms with E-state index in [1.807, 2.05) is 0 Å². The minimum atomic E-state index is -3.66. The Morgan fingerprint density at radius 2 is 2.05 bits per heavy atom. The van der Waals surface area contributed by atoms with E-state index in [2.05, 4.69) is 15.1 Å². The Hall–Kier alpha value is -1.90. The van der Waals surface area contributed by atoms with Gasteiger partial charge in [0.15, 0.2) is 0 Å². The molecule has 0 radical (unpaired) electrons. The number of hydrogen-bond acceptors (Lipinski definition) is 6. The molecule has 4 N–H and O–H groups in total. The number of aromatic nitrogens is 1. The molecule has 0 aliphatic rings. The Labute approximate surface area is 117 Å². The molecule has 1 unspecified atom stereocenters. The molecule has 7 nitrogen and oxygen atoms in total.